The fraction of sp³-hybridized carbons (Fsp3) is 0.360. The second-order valence-electron chi connectivity index (χ2n) is 8.57. The zero-order chi connectivity index (χ0) is 23.7. The molecular weight excluding hydrogens is 424 g/mol. The number of fused-ring (bicyclic) bond motifs is 1. The summed E-state index contributed by atoms with van der Waals surface area (Å²) in [7, 11) is 3.79. The van der Waals surface area contributed by atoms with Crippen LogP contribution in [0.25, 0.3) is 5.76 Å². The lowest BCUT2D eigenvalue weighted by atomic mass is 9.94. The van der Waals surface area contributed by atoms with Gasteiger partial charge in [-0.3, -0.25) is 9.59 Å². The van der Waals surface area contributed by atoms with E-state index >= 15 is 0 Å². The molecule has 1 amide bonds. The molecule has 0 aliphatic carbocycles. The number of rotatable bonds is 7. The Morgan fingerprint density at radius 3 is 2.61 bits per heavy atom. The summed E-state index contributed by atoms with van der Waals surface area (Å²) < 4.78 is 16.8. The van der Waals surface area contributed by atoms with Crippen molar-refractivity contribution in [3.63, 3.8) is 0 Å². The first-order valence-electron chi connectivity index (χ1n) is 10.9. The predicted molar refractivity (Wildman–Crippen MR) is 122 cm³/mol. The number of nitrogens with zero attached hydrogens (tertiary/aromatic N) is 2. The zero-order valence-electron chi connectivity index (χ0n) is 19.2. The highest BCUT2D eigenvalue weighted by Gasteiger charge is 2.47. The van der Waals surface area contributed by atoms with E-state index in [2.05, 4.69) is 0 Å². The molecule has 33 heavy (non-hydrogen) atoms. The molecule has 0 radical (unpaired) electrons. The van der Waals surface area contributed by atoms with E-state index in [4.69, 9.17) is 14.2 Å². The molecule has 1 N–H and O–H groups in total. The number of carbonyl (C=O) groups is 2. The number of para-hydroxylation sites is 1. The normalized spacial score (nSPS) is 19.1. The zero-order valence-corrected chi connectivity index (χ0v) is 19.2. The van der Waals surface area contributed by atoms with Gasteiger partial charge in [0.1, 0.15) is 11.5 Å². The molecule has 2 aromatic rings. The quantitative estimate of drug-likeness (QED) is 0.392. The summed E-state index contributed by atoms with van der Waals surface area (Å²) >= 11 is 0. The Balaban J connectivity index is 1.86. The summed E-state index contributed by atoms with van der Waals surface area (Å²) in [4.78, 5) is 29.7. The monoisotopic (exact) mass is 452 g/mol. The third kappa shape index (κ3) is 4.39. The summed E-state index contributed by atoms with van der Waals surface area (Å²) in [5.41, 5.74) is 1.04. The van der Waals surface area contributed by atoms with Gasteiger partial charge >= 0.3 is 0 Å². The number of ketones is 1. The van der Waals surface area contributed by atoms with Gasteiger partial charge in [0.15, 0.2) is 11.5 Å². The van der Waals surface area contributed by atoms with E-state index < -0.39 is 17.7 Å². The number of Topliss-reactive ketones (excluding diaryl/α,β-unsaturated/α-hetero) is 1. The highest BCUT2D eigenvalue weighted by molar-refractivity contribution is 6.46. The molecule has 4 rings (SSSR count). The number of amides is 1. The van der Waals surface area contributed by atoms with Crippen LogP contribution in [-0.4, -0.2) is 66.7 Å². The van der Waals surface area contributed by atoms with Gasteiger partial charge in [0.25, 0.3) is 11.7 Å². The van der Waals surface area contributed by atoms with Crippen LogP contribution < -0.4 is 14.2 Å². The molecule has 8 nitrogen and oxygen atoms in total. The average molecular weight is 453 g/mol. The number of aliphatic hydroxyl groups is 1. The van der Waals surface area contributed by atoms with E-state index in [9.17, 15) is 14.7 Å². The number of likely N-dealkylation sites (tertiary alicyclic amines) is 1. The van der Waals surface area contributed by atoms with Crippen LogP contribution in [0, 0.1) is 0 Å². The van der Waals surface area contributed by atoms with Crippen molar-refractivity contribution < 1.29 is 28.9 Å². The smallest absolute Gasteiger partial charge is 0.295 e. The highest BCUT2D eigenvalue weighted by Crippen LogP contribution is 2.43. The van der Waals surface area contributed by atoms with E-state index in [-0.39, 0.29) is 24.2 Å². The molecule has 1 atom stereocenters. The lowest BCUT2D eigenvalue weighted by Gasteiger charge is -2.28. The van der Waals surface area contributed by atoms with E-state index in [1.807, 2.05) is 57.1 Å². The van der Waals surface area contributed by atoms with Crippen LogP contribution in [0.5, 0.6) is 17.2 Å². The Morgan fingerprint density at radius 2 is 1.88 bits per heavy atom. The van der Waals surface area contributed by atoms with Gasteiger partial charge in [0, 0.05) is 24.2 Å². The number of likely N-dealkylation sites (N-methyl/N-ethyl adjacent to an activating group) is 1. The number of hydrogen-bond donors (Lipinski definition) is 1. The van der Waals surface area contributed by atoms with Crippen LogP contribution in [0.4, 0.5) is 0 Å². The van der Waals surface area contributed by atoms with Gasteiger partial charge < -0.3 is 29.1 Å². The van der Waals surface area contributed by atoms with Crippen molar-refractivity contribution in [2.45, 2.75) is 26.0 Å². The van der Waals surface area contributed by atoms with Crippen molar-refractivity contribution in [3.8, 4) is 17.2 Å². The van der Waals surface area contributed by atoms with Gasteiger partial charge in [-0.25, -0.2) is 0 Å². The summed E-state index contributed by atoms with van der Waals surface area (Å²) in [6.45, 7) is 4.78. The minimum absolute atomic E-state index is 0.0254. The summed E-state index contributed by atoms with van der Waals surface area (Å²) in [5.74, 6) is -0.0443. The molecule has 1 fully saturated rings. The Bertz CT molecular complexity index is 1110. The molecule has 2 aliphatic rings. The minimum atomic E-state index is -0.787. The Labute approximate surface area is 193 Å². The van der Waals surface area contributed by atoms with Gasteiger partial charge in [0.2, 0.25) is 6.79 Å². The van der Waals surface area contributed by atoms with Crippen molar-refractivity contribution in [2.75, 3.05) is 34.0 Å². The predicted octanol–water partition coefficient (Wildman–Crippen LogP) is 3.19. The number of carbonyl (C=O) groups excluding carboxylic acids is 2. The molecule has 0 spiro atoms. The average Bonchev–Trinajstić information content (AvgIpc) is 3.34. The second-order valence-corrected chi connectivity index (χ2v) is 8.57. The summed E-state index contributed by atoms with van der Waals surface area (Å²) in [6, 6.07) is 11.4. The van der Waals surface area contributed by atoms with Crippen molar-refractivity contribution in [2.24, 2.45) is 0 Å². The largest absolute Gasteiger partial charge is 0.507 e. The third-order valence-corrected chi connectivity index (χ3v) is 5.55. The van der Waals surface area contributed by atoms with Crippen molar-refractivity contribution >= 4 is 17.4 Å². The van der Waals surface area contributed by atoms with Crippen LogP contribution >= 0.6 is 0 Å². The SMILES string of the molecule is CC(C)Oc1ccccc1C1/C(=C(\O)c2ccc3c(c2)OCO3)C(=O)C(=O)N1CCN(C)C. The van der Waals surface area contributed by atoms with Gasteiger partial charge in [0.05, 0.1) is 17.7 Å². The van der Waals surface area contributed by atoms with Crippen molar-refractivity contribution in [3.05, 3.63) is 59.2 Å². The van der Waals surface area contributed by atoms with Crippen LogP contribution in [0.15, 0.2) is 48.0 Å². The first-order valence-corrected chi connectivity index (χ1v) is 10.9. The molecule has 0 saturated carbocycles. The maximum atomic E-state index is 13.2. The lowest BCUT2D eigenvalue weighted by molar-refractivity contribution is -0.140. The number of aliphatic hydroxyl groups excluding tert-OH is 1. The molecule has 1 saturated heterocycles. The first-order chi connectivity index (χ1) is 15.8. The topological polar surface area (TPSA) is 88.5 Å². The molecule has 8 heteroatoms. The van der Waals surface area contributed by atoms with Crippen molar-refractivity contribution in [1.82, 2.24) is 9.80 Å². The number of ether oxygens (including phenoxy) is 3. The molecule has 1 unspecified atom stereocenters. The number of benzene rings is 2. The molecule has 0 aromatic heterocycles. The molecule has 174 valence electrons. The third-order valence-electron chi connectivity index (χ3n) is 5.55. The number of hydrogen-bond acceptors (Lipinski definition) is 7. The van der Waals surface area contributed by atoms with Gasteiger partial charge in [-0.2, -0.15) is 0 Å². The standard InChI is InChI=1S/C25H28N2O6/c1-15(2)33-18-8-6-5-7-17(18)22-21(24(29)25(30)27(22)12-11-26(3)4)23(28)16-9-10-19-20(13-16)32-14-31-19/h5-10,13,15,22,28H,11-12,14H2,1-4H3/b23-21+. The molecular formula is C25H28N2O6. The van der Waals surface area contributed by atoms with Crippen LogP contribution in [0.3, 0.4) is 0 Å². The van der Waals surface area contributed by atoms with E-state index in [1.165, 1.54) is 4.90 Å². The Hall–Kier alpha value is -3.52. The van der Waals surface area contributed by atoms with Gasteiger partial charge in [-0.05, 0) is 52.2 Å². The molecule has 2 aliphatic heterocycles. The fourth-order valence-corrected chi connectivity index (χ4v) is 4.01. The second kappa shape index (κ2) is 9.15. The van der Waals surface area contributed by atoms with Crippen LogP contribution in [-0.2, 0) is 9.59 Å². The minimum Gasteiger partial charge on any atom is -0.507 e. The van der Waals surface area contributed by atoms with Crippen molar-refractivity contribution in [1.29, 1.82) is 0 Å². The van der Waals surface area contributed by atoms with E-state index in [0.717, 1.165) is 0 Å². The van der Waals surface area contributed by atoms with E-state index in [0.29, 0.717) is 41.5 Å². The van der Waals surface area contributed by atoms with Crippen LogP contribution in [0.1, 0.15) is 31.0 Å². The van der Waals surface area contributed by atoms with E-state index in [1.54, 1.807) is 18.2 Å². The Kier molecular flexibility index (Phi) is 6.29. The van der Waals surface area contributed by atoms with Gasteiger partial charge in [-0.15, -0.1) is 0 Å². The molecule has 0 bridgehead atoms. The summed E-state index contributed by atoms with van der Waals surface area (Å²) in [5, 5.41) is 11.3. The van der Waals surface area contributed by atoms with Gasteiger partial charge in [-0.1, -0.05) is 18.2 Å². The molecule has 2 aromatic carbocycles. The maximum Gasteiger partial charge on any atom is 0.295 e. The first kappa shape index (κ1) is 22.7. The highest BCUT2D eigenvalue weighted by atomic mass is 16.7. The molecule has 2 heterocycles. The Morgan fingerprint density at radius 1 is 1.15 bits per heavy atom. The maximum absolute atomic E-state index is 13.2. The lowest BCUT2D eigenvalue weighted by Crippen LogP contribution is -2.35. The fourth-order valence-electron chi connectivity index (χ4n) is 4.01. The summed E-state index contributed by atoms with van der Waals surface area (Å²) in [6.07, 6.45) is -0.107. The van der Waals surface area contributed by atoms with Crippen LogP contribution in [0.2, 0.25) is 0 Å².